The molecule has 1 aromatic carbocycles. The molecule has 0 bridgehead atoms. The van der Waals surface area contributed by atoms with Crippen molar-refractivity contribution in [3.8, 4) is 0 Å². The van der Waals surface area contributed by atoms with Gasteiger partial charge in [-0.1, -0.05) is 19.1 Å². The summed E-state index contributed by atoms with van der Waals surface area (Å²) in [5.41, 5.74) is 0.732. The van der Waals surface area contributed by atoms with E-state index < -0.39 is 19.9 Å². The van der Waals surface area contributed by atoms with Gasteiger partial charge in [-0.2, -0.15) is 0 Å². The van der Waals surface area contributed by atoms with Gasteiger partial charge < -0.3 is 4.90 Å². The van der Waals surface area contributed by atoms with Crippen LogP contribution >= 0.6 is 0 Å². The van der Waals surface area contributed by atoms with E-state index in [4.69, 9.17) is 0 Å². The Balaban J connectivity index is 1.87. The second-order valence-electron chi connectivity index (χ2n) is 6.70. The van der Waals surface area contributed by atoms with Gasteiger partial charge in [0.15, 0.2) is 0 Å². The van der Waals surface area contributed by atoms with Crippen molar-refractivity contribution in [2.45, 2.75) is 11.8 Å². The highest BCUT2D eigenvalue weighted by Crippen LogP contribution is 2.12. The lowest BCUT2D eigenvalue weighted by Gasteiger charge is -2.34. The average Bonchev–Trinajstić information content (AvgIpc) is 2.64. The van der Waals surface area contributed by atoms with E-state index in [0.717, 1.165) is 5.56 Å². The minimum absolute atomic E-state index is 0.118. The van der Waals surface area contributed by atoms with Gasteiger partial charge in [-0.25, -0.2) is 21.6 Å². The van der Waals surface area contributed by atoms with Crippen molar-refractivity contribution in [3.05, 3.63) is 35.9 Å². The lowest BCUT2D eigenvalue weighted by molar-refractivity contribution is -0.127. The summed E-state index contributed by atoms with van der Waals surface area (Å²) in [5.74, 6) is 0.00692. The number of carbonyl (C=O) groups excluding carboxylic acids is 1. The highest BCUT2D eigenvalue weighted by Gasteiger charge is 2.20. The van der Waals surface area contributed by atoms with E-state index in [0.29, 0.717) is 39.3 Å². The van der Waals surface area contributed by atoms with Gasteiger partial charge in [0.25, 0.3) is 0 Å². The average molecular weight is 430 g/mol. The third-order valence-electron chi connectivity index (χ3n) is 4.41. The van der Waals surface area contributed by atoms with Crippen LogP contribution in [0.3, 0.4) is 0 Å². The summed E-state index contributed by atoms with van der Waals surface area (Å²) < 4.78 is 48.7. The van der Waals surface area contributed by atoms with Crippen LogP contribution in [0.1, 0.15) is 12.5 Å². The quantitative estimate of drug-likeness (QED) is 0.592. The Morgan fingerprint density at radius 1 is 1.07 bits per heavy atom. The number of amides is 1. The summed E-state index contributed by atoms with van der Waals surface area (Å²) >= 11 is 0. The van der Waals surface area contributed by atoms with Crippen molar-refractivity contribution in [2.75, 3.05) is 51.3 Å². The second kappa shape index (κ2) is 9.64. The number of nitrogens with zero attached hydrogens (tertiary/aromatic N) is 2. The molecule has 0 spiro atoms. The second-order valence-corrected chi connectivity index (χ2v) is 10.7. The monoisotopic (exact) mass is 429 g/mol. The molecule has 0 radical (unpaired) electrons. The van der Waals surface area contributed by atoms with Gasteiger partial charge in [-0.3, -0.25) is 9.69 Å². The zero-order chi connectivity index (χ0) is 20.8. The molecular weight excluding hydrogens is 402 g/mol. The van der Waals surface area contributed by atoms with Gasteiger partial charge in [0.2, 0.25) is 15.9 Å². The van der Waals surface area contributed by atoms with Crippen LogP contribution in [0.15, 0.2) is 35.2 Å². The normalized spacial score (nSPS) is 16.6. The molecule has 1 aromatic rings. The van der Waals surface area contributed by atoms with Crippen LogP contribution < -0.4 is 4.72 Å². The minimum atomic E-state index is -3.49. The van der Waals surface area contributed by atoms with E-state index in [-0.39, 0.29) is 16.6 Å². The molecule has 0 aromatic heterocycles. The number of hydrogen-bond donors (Lipinski definition) is 1. The minimum Gasteiger partial charge on any atom is -0.337 e. The molecule has 1 aliphatic rings. The zero-order valence-electron chi connectivity index (χ0n) is 16.2. The number of piperazine rings is 1. The standard InChI is InChI=1S/C18H27N3O5S2/c1-3-19-28(25,26)17-7-4-16(5-8-17)6-9-18(22)21-12-10-20(11-13-21)14-15-27(2,23)24/h4-9,19H,3,10-15H2,1-2H3/b9-6+. The fourth-order valence-corrected chi connectivity index (χ4v) is 4.42. The molecule has 2 rings (SSSR count). The summed E-state index contributed by atoms with van der Waals surface area (Å²) in [4.78, 5) is 16.3. The molecule has 1 N–H and O–H groups in total. The van der Waals surface area contributed by atoms with Gasteiger partial charge in [-0.15, -0.1) is 0 Å². The Labute approximate surface area is 167 Å². The van der Waals surface area contributed by atoms with Gasteiger partial charge >= 0.3 is 0 Å². The van der Waals surface area contributed by atoms with Crippen molar-refractivity contribution in [1.82, 2.24) is 14.5 Å². The third kappa shape index (κ3) is 7.01. The molecule has 28 heavy (non-hydrogen) atoms. The van der Waals surface area contributed by atoms with Crippen molar-refractivity contribution < 1.29 is 21.6 Å². The highest BCUT2D eigenvalue weighted by molar-refractivity contribution is 7.90. The summed E-state index contributed by atoms with van der Waals surface area (Å²) in [6, 6.07) is 6.31. The van der Waals surface area contributed by atoms with Crippen molar-refractivity contribution in [1.29, 1.82) is 0 Å². The number of rotatable bonds is 8. The summed E-state index contributed by atoms with van der Waals surface area (Å²) in [7, 11) is -6.47. The van der Waals surface area contributed by atoms with Gasteiger partial charge in [0.05, 0.1) is 10.6 Å². The lowest BCUT2D eigenvalue weighted by Crippen LogP contribution is -2.49. The Bertz CT molecular complexity index is 901. The van der Waals surface area contributed by atoms with Crippen LogP contribution in [0.5, 0.6) is 0 Å². The van der Waals surface area contributed by atoms with E-state index in [1.54, 1.807) is 30.0 Å². The van der Waals surface area contributed by atoms with Gasteiger partial charge in [0, 0.05) is 51.6 Å². The molecule has 0 aliphatic carbocycles. The molecule has 0 saturated carbocycles. The maximum Gasteiger partial charge on any atom is 0.246 e. The van der Waals surface area contributed by atoms with Gasteiger partial charge in [-0.05, 0) is 23.8 Å². The lowest BCUT2D eigenvalue weighted by atomic mass is 10.2. The fourth-order valence-electron chi connectivity index (χ4n) is 2.79. The van der Waals surface area contributed by atoms with E-state index in [1.165, 1.54) is 24.5 Å². The number of carbonyl (C=O) groups is 1. The zero-order valence-corrected chi connectivity index (χ0v) is 17.8. The SMILES string of the molecule is CCNS(=O)(=O)c1ccc(/C=C/C(=O)N2CCN(CCS(C)(=O)=O)CC2)cc1. The number of sulfone groups is 1. The van der Waals surface area contributed by atoms with Crippen LogP contribution in [0.25, 0.3) is 6.08 Å². The Morgan fingerprint density at radius 2 is 1.68 bits per heavy atom. The smallest absolute Gasteiger partial charge is 0.246 e. The molecule has 1 saturated heterocycles. The van der Waals surface area contributed by atoms with Crippen molar-refractivity contribution in [3.63, 3.8) is 0 Å². The largest absolute Gasteiger partial charge is 0.337 e. The summed E-state index contributed by atoms with van der Waals surface area (Å²) in [6.07, 6.45) is 4.35. The Morgan fingerprint density at radius 3 is 2.21 bits per heavy atom. The predicted octanol–water partition coefficient (Wildman–Crippen LogP) is 0.187. The first kappa shape index (κ1) is 22.5. The molecule has 1 heterocycles. The Kier molecular flexibility index (Phi) is 7.76. The number of hydrogen-bond acceptors (Lipinski definition) is 6. The molecule has 8 nitrogen and oxygen atoms in total. The maximum absolute atomic E-state index is 12.3. The highest BCUT2D eigenvalue weighted by atomic mass is 32.2. The van der Waals surface area contributed by atoms with Crippen LogP contribution in [0.2, 0.25) is 0 Å². The van der Waals surface area contributed by atoms with E-state index in [1.807, 2.05) is 4.90 Å². The molecule has 1 fully saturated rings. The Hall–Kier alpha value is -1.75. The summed E-state index contributed by atoms with van der Waals surface area (Å²) in [6.45, 7) is 4.91. The van der Waals surface area contributed by atoms with E-state index in [9.17, 15) is 21.6 Å². The van der Waals surface area contributed by atoms with Crippen LogP contribution in [0.4, 0.5) is 0 Å². The van der Waals surface area contributed by atoms with E-state index >= 15 is 0 Å². The maximum atomic E-state index is 12.3. The van der Waals surface area contributed by atoms with Crippen LogP contribution in [0, 0.1) is 0 Å². The fraction of sp³-hybridized carbons (Fsp3) is 0.500. The first-order valence-electron chi connectivity index (χ1n) is 9.07. The van der Waals surface area contributed by atoms with Crippen LogP contribution in [-0.4, -0.2) is 83.8 Å². The van der Waals surface area contributed by atoms with Crippen LogP contribution in [-0.2, 0) is 24.7 Å². The number of nitrogens with one attached hydrogen (secondary N) is 1. The molecule has 0 atom stereocenters. The topological polar surface area (TPSA) is 104 Å². The number of benzene rings is 1. The first-order valence-corrected chi connectivity index (χ1v) is 12.6. The van der Waals surface area contributed by atoms with Gasteiger partial charge in [0.1, 0.15) is 9.84 Å². The molecule has 1 aliphatic heterocycles. The molecule has 0 unspecified atom stereocenters. The number of sulfonamides is 1. The predicted molar refractivity (Wildman–Crippen MR) is 109 cm³/mol. The molecule has 1 amide bonds. The molecule has 156 valence electrons. The third-order valence-corrected chi connectivity index (χ3v) is 6.89. The van der Waals surface area contributed by atoms with Crippen molar-refractivity contribution in [2.24, 2.45) is 0 Å². The summed E-state index contributed by atoms with van der Waals surface area (Å²) in [5, 5.41) is 0. The van der Waals surface area contributed by atoms with E-state index in [2.05, 4.69) is 4.72 Å². The molecular formula is C18H27N3O5S2. The van der Waals surface area contributed by atoms with Crippen molar-refractivity contribution >= 4 is 31.8 Å². The first-order chi connectivity index (χ1) is 13.1. The molecule has 10 heteroatoms.